The molecule has 1 aliphatic carbocycles. The number of methoxy groups -OCH3 is 1. The van der Waals surface area contributed by atoms with Crippen LogP contribution in [0.4, 0.5) is 0 Å². The van der Waals surface area contributed by atoms with Gasteiger partial charge in [-0.05, 0) is 45.4 Å². The molecule has 0 aliphatic heterocycles. The number of ether oxygens (including phenoxy) is 1. The molecule has 23 heavy (non-hydrogen) atoms. The summed E-state index contributed by atoms with van der Waals surface area (Å²) in [5.74, 6) is 0.868. The van der Waals surface area contributed by atoms with Crippen LogP contribution in [0.3, 0.4) is 0 Å². The molecule has 0 aromatic rings. The lowest BCUT2D eigenvalue weighted by molar-refractivity contribution is -0.121. The molecular weight excluding hydrogens is 292 g/mol. The van der Waals surface area contributed by atoms with E-state index < -0.39 is 0 Å². The minimum Gasteiger partial charge on any atom is -0.385 e. The Morgan fingerprint density at radius 3 is 2.57 bits per heavy atom. The smallest absolute Gasteiger partial charge is 0.221 e. The van der Waals surface area contributed by atoms with Crippen molar-refractivity contribution in [3.8, 4) is 0 Å². The highest BCUT2D eigenvalue weighted by molar-refractivity contribution is 5.81. The molecule has 0 heterocycles. The highest BCUT2D eigenvalue weighted by Gasteiger charge is 2.36. The highest BCUT2D eigenvalue weighted by Crippen LogP contribution is 2.44. The molecule has 0 saturated heterocycles. The number of rotatable bonds is 10. The van der Waals surface area contributed by atoms with Crippen LogP contribution in [0.2, 0.25) is 0 Å². The molecular formula is C17H34N4O2. The van der Waals surface area contributed by atoms with Gasteiger partial charge in [0.25, 0.3) is 0 Å². The fourth-order valence-electron chi connectivity index (χ4n) is 2.76. The van der Waals surface area contributed by atoms with Gasteiger partial charge in [0.05, 0.1) is 0 Å². The van der Waals surface area contributed by atoms with Gasteiger partial charge in [0.15, 0.2) is 5.96 Å². The maximum Gasteiger partial charge on any atom is 0.221 e. The Morgan fingerprint density at radius 2 is 2.04 bits per heavy atom. The molecule has 1 fully saturated rings. The Balaban J connectivity index is 2.41. The summed E-state index contributed by atoms with van der Waals surface area (Å²) in [7, 11) is 1.75. The van der Waals surface area contributed by atoms with Crippen molar-refractivity contribution in [2.24, 2.45) is 10.4 Å². The standard InChI is InChI=1S/C17H34N4O2/c1-5-18-16(19-11-7-15(22)21-14(2)3)20-13-17(8-6-9-17)10-12-23-4/h14H,5-13H2,1-4H3,(H,21,22)(H2,18,19,20). The molecule has 1 saturated carbocycles. The third-order valence-electron chi connectivity index (χ3n) is 4.26. The molecule has 0 aromatic heterocycles. The van der Waals surface area contributed by atoms with E-state index in [9.17, 15) is 4.79 Å². The van der Waals surface area contributed by atoms with E-state index in [0.29, 0.717) is 18.4 Å². The monoisotopic (exact) mass is 326 g/mol. The summed E-state index contributed by atoms with van der Waals surface area (Å²) in [6.07, 6.45) is 5.28. The molecule has 0 aromatic carbocycles. The number of amides is 1. The molecule has 1 amide bonds. The first-order valence-corrected chi connectivity index (χ1v) is 8.82. The van der Waals surface area contributed by atoms with Gasteiger partial charge < -0.3 is 20.7 Å². The maximum atomic E-state index is 11.7. The SMILES string of the molecule is CCNC(=NCC1(CCOC)CCC1)NCCC(=O)NC(C)C. The molecule has 1 rings (SSSR count). The number of hydrogen-bond acceptors (Lipinski definition) is 3. The first-order valence-electron chi connectivity index (χ1n) is 8.82. The van der Waals surface area contributed by atoms with Crippen molar-refractivity contribution in [2.75, 3.05) is 33.4 Å². The Labute approximate surface area is 140 Å². The van der Waals surface area contributed by atoms with Gasteiger partial charge in [0.1, 0.15) is 0 Å². The molecule has 134 valence electrons. The fourth-order valence-corrected chi connectivity index (χ4v) is 2.76. The topological polar surface area (TPSA) is 74.8 Å². The summed E-state index contributed by atoms with van der Waals surface area (Å²) < 4.78 is 5.23. The lowest BCUT2D eigenvalue weighted by Crippen LogP contribution is -2.41. The molecule has 6 nitrogen and oxygen atoms in total. The predicted molar refractivity (Wildman–Crippen MR) is 94.7 cm³/mol. The van der Waals surface area contributed by atoms with Gasteiger partial charge in [0.2, 0.25) is 5.91 Å². The Kier molecular flexibility index (Phi) is 8.99. The third kappa shape index (κ3) is 7.68. The number of carbonyl (C=O) groups excluding carboxylic acids is 1. The van der Waals surface area contributed by atoms with Gasteiger partial charge >= 0.3 is 0 Å². The van der Waals surface area contributed by atoms with E-state index in [1.54, 1.807) is 7.11 Å². The largest absolute Gasteiger partial charge is 0.385 e. The summed E-state index contributed by atoms with van der Waals surface area (Å²) >= 11 is 0. The van der Waals surface area contributed by atoms with Crippen molar-refractivity contribution in [1.29, 1.82) is 0 Å². The lowest BCUT2D eigenvalue weighted by atomic mass is 9.67. The second kappa shape index (κ2) is 10.5. The van der Waals surface area contributed by atoms with E-state index in [1.165, 1.54) is 19.3 Å². The van der Waals surface area contributed by atoms with E-state index >= 15 is 0 Å². The minimum absolute atomic E-state index is 0.0684. The molecule has 6 heteroatoms. The number of carbonyl (C=O) groups is 1. The predicted octanol–water partition coefficient (Wildman–Crippen LogP) is 1.66. The van der Waals surface area contributed by atoms with Crippen molar-refractivity contribution in [1.82, 2.24) is 16.0 Å². The molecule has 0 spiro atoms. The van der Waals surface area contributed by atoms with E-state index in [4.69, 9.17) is 9.73 Å². The lowest BCUT2D eigenvalue weighted by Gasteiger charge is -2.40. The van der Waals surface area contributed by atoms with Gasteiger partial charge in [-0.3, -0.25) is 9.79 Å². The molecule has 0 unspecified atom stereocenters. The maximum absolute atomic E-state index is 11.7. The van der Waals surface area contributed by atoms with Gasteiger partial charge in [-0.1, -0.05) is 6.42 Å². The first kappa shape index (κ1) is 19.7. The second-order valence-electron chi connectivity index (χ2n) is 6.69. The summed E-state index contributed by atoms with van der Waals surface area (Å²) in [6.45, 7) is 9.01. The minimum atomic E-state index is 0.0684. The highest BCUT2D eigenvalue weighted by atomic mass is 16.5. The first-order chi connectivity index (χ1) is 11.0. The molecule has 0 atom stereocenters. The summed E-state index contributed by atoms with van der Waals surface area (Å²) in [5, 5.41) is 9.39. The third-order valence-corrected chi connectivity index (χ3v) is 4.26. The zero-order chi connectivity index (χ0) is 17.1. The average Bonchev–Trinajstić information content (AvgIpc) is 2.44. The van der Waals surface area contributed by atoms with E-state index in [2.05, 4.69) is 16.0 Å². The van der Waals surface area contributed by atoms with Crippen LogP contribution in [0.1, 0.15) is 52.9 Å². The fraction of sp³-hybridized carbons (Fsp3) is 0.882. The molecule has 3 N–H and O–H groups in total. The van der Waals surface area contributed by atoms with Crippen LogP contribution in [0.15, 0.2) is 4.99 Å². The molecule has 1 aliphatic rings. The van der Waals surface area contributed by atoms with Crippen molar-refractivity contribution in [3.05, 3.63) is 0 Å². The molecule has 0 bridgehead atoms. The van der Waals surface area contributed by atoms with E-state index in [0.717, 1.165) is 32.1 Å². The van der Waals surface area contributed by atoms with E-state index in [-0.39, 0.29) is 11.9 Å². The zero-order valence-electron chi connectivity index (χ0n) is 15.2. The number of hydrogen-bond donors (Lipinski definition) is 3. The van der Waals surface area contributed by atoms with Crippen LogP contribution in [0.5, 0.6) is 0 Å². The van der Waals surface area contributed by atoms with Crippen LogP contribution in [0.25, 0.3) is 0 Å². The van der Waals surface area contributed by atoms with Gasteiger partial charge in [-0.15, -0.1) is 0 Å². The summed E-state index contributed by atoms with van der Waals surface area (Å²) in [5.41, 5.74) is 0.313. The van der Waals surface area contributed by atoms with Crippen molar-refractivity contribution in [2.45, 2.75) is 58.9 Å². The van der Waals surface area contributed by atoms with Gasteiger partial charge in [0, 0.05) is 45.8 Å². The Morgan fingerprint density at radius 1 is 1.30 bits per heavy atom. The van der Waals surface area contributed by atoms with Crippen LogP contribution in [-0.2, 0) is 9.53 Å². The van der Waals surface area contributed by atoms with Crippen LogP contribution in [0, 0.1) is 5.41 Å². The van der Waals surface area contributed by atoms with Crippen LogP contribution >= 0.6 is 0 Å². The second-order valence-corrected chi connectivity index (χ2v) is 6.69. The normalized spacial score (nSPS) is 16.8. The van der Waals surface area contributed by atoms with E-state index in [1.807, 2.05) is 20.8 Å². The van der Waals surface area contributed by atoms with Crippen LogP contribution < -0.4 is 16.0 Å². The quantitative estimate of drug-likeness (QED) is 0.422. The zero-order valence-corrected chi connectivity index (χ0v) is 15.2. The average molecular weight is 326 g/mol. The summed E-state index contributed by atoms with van der Waals surface area (Å²) in [6, 6.07) is 0.184. The van der Waals surface area contributed by atoms with Crippen molar-refractivity contribution in [3.63, 3.8) is 0 Å². The number of guanidine groups is 1. The molecule has 0 radical (unpaired) electrons. The van der Waals surface area contributed by atoms with Crippen molar-refractivity contribution < 1.29 is 9.53 Å². The van der Waals surface area contributed by atoms with Crippen LogP contribution in [-0.4, -0.2) is 51.3 Å². The van der Waals surface area contributed by atoms with Crippen molar-refractivity contribution >= 4 is 11.9 Å². The number of nitrogens with one attached hydrogen (secondary N) is 3. The number of aliphatic imine (C=N–C) groups is 1. The van der Waals surface area contributed by atoms with Gasteiger partial charge in [-0.25, -0.2) is 0 Å². The summed E-state index contributed by atoms with van der Waals surface area (Å²) in [4.78, 5) is 16.4. The number of nitrogens with zero attached hydrogens (tertiary/aromatic N) is 1. The Hall–Kier alpha value is -1.30. The Bertz CT molecular complexity index is 379. The van der Waals surface area contributed by atoms with Gasteiger partial charge in [-0.2, -0.15) is 0 Å².